The minimum atomic E-state index is -1.72. The van der Waals surface area contributed by atoms with Crippen molar-refractivity contribution in [1.82, 2.24) is 10.2 Å². The van der Waals surface area contributed by atoms with E-state index in [-0.39, 0.29) is 42.8 Å². The number of rotatable bonds is 4. The number of urea groups is 1. The van der Waals surface area contributed by atoms with Crippen molar-refractivity contribution >= 4 is 6.03 Å². The first kappa shape index (κ1) is 18.6. The number of halogens is 2. The summed E-state index contributed by atoms with van der Waals surface area (Å²) in [6.45, 7) is 5.76. The van der Waals surface area contributed by atoms with Crippen LogP contribution in [0.2, 0.25) is 0 Å². The van der Waals surface area contributed by atoms with Crippen LogP contribution >= 0.6 is 0 Å². The Morgan fingerprint density at radius 1 is 1.38 bits per heavy atom. The fourth-order valence-corrected chi connectivity index (χ4v) is 2.94. The van der Waals surface area contributed by atoms with Crippen LogP contribution in [0.5, 0.6) is 0 Å². The highest BCUT2D eigenvalue weighted by Gasteiger charge is 2.40. The van der Waals surface area contributed by atoms with Gasteiger partial charge in [-0.15, -0.1) is 0 Å². The van der Waals surface area contributed by atoms with Crippen LogP contribution in [0.4, 0.5) is 13.6 Å². The number of hydrogen-bond donors (Lipinski definition) is 2. The number of amides is 2. The average Bonchev–Trinajstić information content (AvgIpc) is 2.89. The summed E-state index contributed by atoms with van der Waals surface area (Å²) in [5, 5.41) is 12.0. The van der Waals surface area contributed by atoms with Crippen LogP contribution in [-0.4, -0.2) is 41.4 Å². The Morgan fingerprint density at radius 3 is 2.50 bits per heavy atom. The van der Waals surface area contributed by atoms with Crippen molar-refractivity contribution in [2.24, 2.45) is 5.41 Å². The van der Waals surface area contributed by atoms with E-state index in [9.17, 15) is 13.6 Å². The lowest BCUT2D eigenvalue weighted by Crippen LogP contribution is -2.43. The minimum Gasteiger partial charge on any atom is -0.393 e. The Labute approximate surface area is 141 Å². The lowest BCUT2D eigenvalue weighted by Gasteiger charge is -2.29. The molecule has 0 spiro atoms. The van der Waals surface area contributed by atoms with E-state index >= 15 is 0 Å². The molecule has 1 aromatic rings. The zero-order valence-corrected chi connectivity index (χ0v) is 14.5. The SMILES string of the molecule is CC(C)(C)C[C@@H](NC(=O)N1CC[C@](F)(CO)C1)c1ccc(F)cc1. The average molecular weight is 340 g/mol. The van der Waals surface area contributed by atoms with Crippen LogP contribution in [0.1, 0.15) is 45.2 Å². The third-order valence-corrected chi connectivity index (χ3v) is 4.26. The number of nitrogens with one attached hydrogen (secondary N) is 1. The molecule has 0 saturated carbocycles. The second kappa shape index (κ2) is 7.05. The van der Waals surface area contributed by atoms with Crippen LogP contribution in [0.25, 0.3) is 0 Å². The number of nitrogens with zero attached hydrogens (tertiary/aromatic N) is 1. The topological polar surface area (TPSA) is 52.6 Å². The Hall–Kier alpha value is -1.69. The molecule has 0 aliphatic carbocycles. The third-order valence-electron chi connectivity index (χ3n) is 4.26. The van der Waals surface area contributed by atoms with Gasteiger partial charge >= 0.3 is 6.03 Å². The van der Waals surface area contributed by atoms with Gasteiger partial charge < -0.3 is 15.3 Å². The van der Waals surface area contributed by atoms with Gasteiger partial charge in [-0.1, -0.05) is 32.9 Å². The molecule has 2 rings (SSSR count). The predicted molar refractivity (Wildman–Crippen MR) is 88.9 cm³/mol. The molecule has 1 aliphatic rings. The molecular formula is C18H26F2N2O2. The maximum absolute atomic E-state index is 14.1. The van der Waals surface area contributed by atoms with E-state index in [4.69, 9.17) is 5.11 Å². The zero-order valence-electron chi connectivity index (χ0n) is 14.5. The molecule has 134 valence electrons. The minimum absolute atomic E-state index is 0.0493. The molecule has 0 unspecified atom stereocenters. The van der Waals surface area contributed by atoms with Crippen LogP contribution in [-0.2, 0) is 0 Å². The second-order valence-electron chi connectivity index (χ2n) is 7.80. The van der Waals surface area contributed by atoms with E-state index in [1.54, 1.807) is 12.1 Å². The van der Waals surface area contributed by atoms with Crippen molar-refractivity contribution < 1.29 is 18.7 Å². The van der Waals surface area contributed by atoms with Gasteiger partial charge in [-0.2, -0.15) is 0 Å². The predicted octanol–water partition coefficient (Wildman–Crippen LogP) is 3.42. The van der Waals surface area contributed by atoms with Gasteiger partial charge in [0.1, 0.15) is 5.82 Å². The summed E-state index contributed by atoms with van der Waals surface area (Å²) in [5.41, 5.74) is -0.952. The number of carbonyl (C=O) groups is 1. The van der Waals surface area contributed by atoms with Gasteiger partial charge in [0.2, 0.25) is 0 Å². The normalized spacial score (nSPS) is 22.5. The molecular weight excluding hydrogens is 314 g/mol. The molecule has 1 aromatic carbocycles. The Kier molecular flexibility index (Phi) is 5.48. The van der Waals surface area contributed by atoms with Gasteiger partial charge in [-0.05, 0) is 29.5 Å². The molecule has 1 fully saturated rings. The zero-order chi connectivity index (χ0) is 18.0. The van der Waals surface area contributed by atoms with E-state index in [0.717, 1.165) is 5.56 Å². The first-order valence-electron chi connectivity index (χ1n) is 8.23. The Balaban J connectivity index is 2.10. The van der Waals surface area contributed by atoms with Crippen LogP contribution in [0.3, 0.4) is 0 Å². The lowest BCUT2D eigenvalue weighted by molar-refractivity contribution is 0.0802. The maximum Gasteiger partial charge on any atom is 0.317 e. The van der Waals surface area contributed by atoms with Crippen molar-refractivity contribution in [3.63, 3.8) is 0 Å². The monoisotopic (exact) mass is 340 g/mol. The van der Waals surface area contributed by atoms with E-state index < -0.39 is 12.3 Å². The van der Waals surface area contributed by atoms with Crippen LogP contribution < -0.4 is 5.32 Å². The molecule has 1 aliphatic heterocycles. The number of hydrogen-bond acceptors (Lipinski definition) is 2. The number of carbonyl (C=O) groups excluding carboxylic acids is 1. The summed E-state index contributed by atoms with van der Waals surface area (Å²) in [6.07, 6.45) is 0.802. The van der Waals surface area contributed by atoms with E-state index in [0.29, 0.717) is 6.42 Å². The molecule has 1 heterocycles. The number of alkyl halides is 1. The molecule has 1 saturated heterocycles. The Bertz CT molecular complexity index is 571. The second-order valence-corrected chi connectivity index (χ2v) is 7.80. The number of aliphatic hydroxyl groups excluding tert-OH is 1. The quantitative estimate of drug-likeness (QED) is 0.882. The molecule has 6 heteroatoms. The fourth-order valence-electron chi connectivity index (χ4n) is 2.94. The lowest BCUT2D eigenvalue weighted by atomic mass is 9.85. The third kappa shape index (κ3) is 4.90. The summed E-state index contributed by atoms with van der Waals surface area (Å²) in [5.74, 6) is -0.329. The van der Waals surface area contributed by atoms with Gasteiger partial charge in [0.25, 0.3) is 0 Å². The molecule has 4 nitrogen and oxygen atoms in total. The van der Waals surface area contributed by atoms with Crippen molar-refractivity contribution in [3.8, 4) is 0 Å². The van der Waals surface area contributed by atoms with E-state index in [1.807, 2.05) is 0 Å². The van der Waals surface area contributed by atoms with Crippen LogP contribution in [0, 0.1) is 11.2 Å². The number of benzene rings is 1. The molecule has 2 amide bonds. The molecule has 24 heavy (non-hydrogen) atoms. The Morgan fingerprint density at radius 2 is 2.00 bits per heavy atom. The van der Waals surface area contributed by atoms with Gasteiger partial charge in [0.05, 0.1) is 19.2 Å². The molecule has 0 aromatic heterocycles. The largest absolute Gasteiger partial charge is 0.393 e. The summed E-state index contributed by atoms with van der Waals surface area (Å²) in [4.78, 5) is 13.9. The fraction of sp³-hybridized carbons (Fsp3) is 0.611. The van der Waals surface area contributed by atoms with Gasteiger partial charge in [0.15, 0.2) is 5.67 Å². The standard InChI is InChI=1S/C18H26F2N2O2/c1-17(2,3)10-15(13-4-6-14(19)7-5-13)21-16(24)22-9-8-18(20,11-22)12-23/h4-7,15,23H,8-12H2,1-3H3,(H,21,24)/t15-,18-/m1/s1. The number of aliphatic hydroxyl groups is 1. The van der Waals surface area contributed by atoms with Crippen molar-refractivity contribution in [1.29, 1.82) is 0 Å². The van der Waals surface area contributed by atoms with Gasteiger partial charge in [-0.3, -0.25) is 0 Å². The smallest absolute Gasteiger partial charge is 0.317 e. The maximum atomic E-state index is 14.1. The molecule has 0 radical (unpaired) electrons. The molecule has 0 bridgehead atoms. The molecule has 2 atom stereocenters. The first-order chi connectivity index (χ1) is 11.1. The van der Waals surface area contributed by atoms with Crippen molar-refractivity contribution in [3.05, 3.63) is 35.6 Å². The van der Waals surface area contributed by atoms with Gasteiger partial charge in [-0.25, -0.2) is 13.6 Å². The summed E-state index contributed by atoms with van der Waals surface area (Å²) in [7, 11) is 0. The summed E-state index contributed by atoms with van der Waals surface area (Å²) < 4.78 is 27.3. The molecule has 2 N–H and O–H groups in total. The van der Waals surface area contributed by atoms with Crippen molar-refractivity contribution in [2.75, 3.05) is 19.7 Å². The highest BCUT2D eigenvalue weighted by Crippen LogP contribution is 2.31. The first-order valence-corrected chi connectivity index (χ1v) is 8.23. The highest BCUT2D eigenvalue weighted by molar-refractivity contribution is 5.75. The van der Waals surface area contributed by atoms with E-state index in [2.05, 4.69) is 26.1 Å². The summed E-state index contributed by atoms with van der Waals surface area (Å²) in [6, 6.07) is 5.40. The van der Waals surface area contributed by atoms with Crippen molar-refractivity contribution in [2.45, 2.75) is 45.3 Å². The van der Waals surface area contributed by atoms with Gasteiger partial charge in [0, 0.05) is 13.0 Å². The van der Waals surface area contributed by atoms with E-state index in [1.165, 1.54) is 17.0 Å². The highest BCUT2D eigenvalue weighted by atomic mass is 19.1. The van der Waals surface area contributed by atoms with Crippen LogP contribution in [0.15, 0.2) is 24.3 Å². The number of likely N-dealkylation sites (tertiary alicyclic amines) is 1. The summed E-state index contributed by atoms with van der Waals surface area (Å²) >= 11 is 0.